The molecule has 1 aliphatic carbocycles. The number of nitrogens with one attached hydrogen (secondary N) is 2. The van der Waals surface area contributed by atoms with E-state index in [9.17, 15) is 9.59 Å². The normalized spacial score (nSPS) is 17.4. The average molecular weight is 294 g/mol. The van der Waals surface area contributed by atoms with Crippen LogP contribution in [-0.4, -0.2) is 17.9 Å². The highest BCUT2D eigenvalue weighted by Gasteiger charge is 2.21. The Bertz CT molecular complexity index is 439. The van der Waals surface area contributed by atoms with E-state index in [0.29, 0.717) is 12.5 Å². The topological polar surface area (TPSA) is 58.2 Å². The third-order valence-corrected chi connectivity index (χ3v) is 4.61. The van der Waals surface area contributed by atoms with Crippen molar-refractivity contribution in [1.29, 1.82) is 0 Å². The van der Waals surface area contributed by atoms with E-state index >= 15 is 0 Å². The summed E-state index contributed by atoms with van der Waals surface area (Å²) in [7, 11) is 0. The van der Waals surface area contributed by atoms with Crippen molar-refractivity contribution >= 4 is 23.2 Å². The van der Waals surface area contributed by atoms with Crippen LogP contribution in [0.1, 0.15) is 56.4 Å². The van der Waals surface area contributed by atoms with Gasteiger partial charge in [0.05, 0.1) is 12.5 Å². The van der Waals surface area contributed by atoms with Crippen molar-refractivity contribution < 1.29 is 9.59 Å². The smallest absolute Gasteiger partial charge is 0.222 e. The van der Waals surface area contributed by atoms with E-state index in [1.54, 1.807) is 11.3 Å². The van der Waals surface area contributed by atoms with Gasteiger partial charge in [-0.05, 0) is 24.3 Å². The molecule has 1 fully saturated rings. The fourth-order valence-corrected chi connectivity index (χ4v) is 3.45. The fourth-order valence-electron chi connectivity index (χ4n) is 2.68. The molecule has 1 aromatic rings. The maximum atomic E-state index is 12.1. The van der Waals surface area contributed by atoms with Gasteiger partial charge < -0.3 is 10.6 Å². The van der Waals surface area contributed by atoms with E-state index in [2.05, 4.69) is 10.6 Å². The van der Waals surface area contributed by atoms with Gasteiger partial charge in [0.2, 0.25) is 11.8 Å². The molecule has 20 heavy (non-hydrogen) atoms. The van der Waals surface area contributed by atoms with Crippen molar-refractivity contribution in [3.8, 4) is 0 Å². The van der Waals surface area contributed by atoms with E-state index in [4.69, 9.17) is 0 Å². The molecular weight excluding hydrogens is 272 g/mol. The highest BCUT2D eigenvalue weighted by atomic mass is 32.1. The molecular formula is C15H22N2O2S. The van der Waals surface area contributed by atoms with Gasteiger partial charge in [0.15, 0.2) is 0 Å². The summed E-state index contributed by atoms with van der Waals surface area (Å²) in [4.78, 5) is 24.5. The summed E-state index contributed by atoms with van der Waals surface area (Å²) in [5.41, 5.74) is 0. The fraction of sp³-hybridized carbons (Fsp3) is 0.600. The molecule has 1 saturated carbocycles. The van der Waals surface area contributed by atoms with Crippen LogP contribution in [-0.2, 0) is 9.59 Å². The Morgan fingerprint density at radius 1 is 1.35 bits per heavy atom. The van der Waals surface area contributed by atoms with E-state index < -0.39 is 0 Å². The molecule has 0 aromatic carbocycles. The minimum atomic E-state index is -0.212. The number of amides is 2. The predicted octanol–water partition coefficient (Wildman–Crippen LogP) is 2.76. The Hall–Kier alpha value is -1.36. The Kier molecular flexibility index (Phi) is 5.59. The molecule has 1 atom stereocenters. The molecule has 5 heteroatoms. The molecule has 0 aliphatic heterocycles. The first kappa shape index (κ1) is 15.0. The lowest BCUT2D eigenvalue weighted by Gasteiger charge is -2.24. The summed E-state index contributed by atoms with van der Waals surface area (Å²) in [6, 6.07) is 4.00. The Morgan fingerprint density at radius 2 is 2.10 bits per heavy atom. The van der Waals surface area contributed by atoms with E-state index in [1.165, 1.54) is 26.2 Å². The third-order valence-electron chi connectivity index (χ3n) is 3.62. The standard InChI is InChI=1S/C15H22N2O2S/c1-11(18)16-13(14-8-5-9-20-14)10-15(19)17-12-6-3-2-4-7-12/h5,8-9,12-13H,2-4,6-7,10H2,1H3,(H,16,18)(H,17,19). The van der Waals surface area contributed by atoms with Crippen molar-refractivity contribution in [2.45, 2.75) is 57.5 Å². The summed E-state index contributed by atoms with van der Waals surface area (Å²) in [5, 5.41) is 7.92. The predicted molar refractivity (Wildman–Crippen MR) is 80.5 cm³/mol. The molecule has 0 radical (unpaired) electrons. The van der Waals surface area contributed by atoms with Crippen molar-refractivity contribution in [3.05, 3.63) is 22.4 Å². The Balaban J connectivity index is 1.89. The maximum Gasteiger partial charge on any atom is 0.222 e. The number of thiophene rings is 1. The SMILES string of the molecule is CC(=O)NC(CC(=O)NC1CCCCC1)c1cccs1. The Morgan fingerprint density at radius 3 is 2.70 bits per heavy atom. The van der Waals surface area contributed by atoms with E-state index in [-0.39, 0.29) is 17.9 Å². The van der Waals surface area contributed by atoms with Crippen molar-refractivity contribution in [1.82, 2.24) is 10.6 Å². The van der Waals surface area contributed by atoms with Gasteiger partial charge >= 0.3 is 0 Å². The number of hydrogen-bond donors (Lipinski definition) is 2. The zero-order valence-corrected chi connectivity index (χ0v) is 12.7. The number of hydrogen-bond acceptors (Lipinski definition) is 3. The molecule has 2 N–H and O–H groups in total. The summed E-state index contributed by atoms with van der Waals surface area (Å²) in [5.74, 6) is -0.0714. The summed E-state index contributed by atoms with van der Waals surface area (Å²) < 4.78 is 0. The van der Waals surface area contributed by atoms with Crippen LogP contribution < -0.4 is 10.6 Å². The third kappa shape index (κ3) is 4.63. The van der Waals surface area contributed by atoms with Crippen LogP contribution in [0.4, 0.5) is 0 Å². The van der Waals surface area contributed by atoms with Gasteiger partial charge in [0.25, 0.3) is 0 Å². The monoisotopic (exact) mass is 294 g/mol. The first-order valence-corrected chi connectivity index (χ1v) is 8.13. The van der Waals surface area contributed by atoms with Crippen LogP contribution in [0.25, 0.3) is 0 Å². The summed E-state index contributed by atoms with van der Waals surface area (Å²) in [6.07, 6.45) is 6.15. The molecule has 0 bridgehead atoms. The summed E-state index contributed by atoms with van der Waals surface area (Å²) in [6.45, 7) is 1.49. The zero-order chi connectivity index (χ0) is 14.4. The summed E-state index contributed by atoms with van der Waals surface area (Å²) >= 11 is 1.57. The van der Waals surface area contributed by atoms with Gasteiger partial charge in [0.1, 0.15) is 0 Å². The average Bonchev–Trinajstić information content (AvgIpc) is 2.92. The van der Waals surface area contributed by atoms with Crippen molar-refractivity contribution in [2.75, 3.05) is 0 Å². The quantitative estimate of drug-likeness (QED) is 0.877. The van der Waals surface area contributed by atoms with Crippen LogP contribution in [0, 0.1) is 0 Å². The van der Waals surface area contributed by atoms with Gasteiger partial charge in [-0.1, -0.05) is 25.3 Å². The highest BCUT2D eigenvalue weighted by Crippen LogP contribution is 2.23. The number of rotatable bonds is 5. The molecule has 1 aromatic heterocycles. The second-order valence-electron chi connectivity index (χ2n) is 5.38. The van der Waals surface area contributed by atoms with Gasteiger partial charge in [-0.25, -0.2) is 0 Å². The lowest BCUT2D eigenvalue weighted by molar-refractivity contribution is -0.123. The molecule has 1 unspecified atom stereocenters. The molecule has 1 aliphatic rings. The van der Waals surface area contributed by atoms with Crippen molar-refractivity contribution in [3.63, 3.8) is 0 Å². The van der Waals surface area contributed by atoms with E-state index in [1.807, 2.05) is 17.5 Å². The van der Waals surface area contributed by atoms with Gasteiger partial charge in [-0.2, -0.15) is 0 Å². The van der Waals surface area contributed by atoms with Gasteiger partial charge in [-0.15, -0.1) is 11.3 Å². The molecule has 1 heterocycles. The van der Waals surface area contributed by atoms with E-state index in [0.717, 1.165) is 17.7 Å². The highest BCUT2D eigenvalue weighted by molar-refractivity contribution is 7.10. The van der Waals surface area contributed by atoms with Crippen LogP contribution in [0.5, 0.6) is 0 Å². The first-order valence-electron chi connectivity index (χ1n) is 7.25. The molecule has 2 amide bonds. The lowest BCUT2D eigenvalue weighted by atomic mass is 9.95. The largest absolute Gasteiger partial charge is 0.353 e. The van der Waals surface area contributed by atoms with Crippen LogP contribution in [0.3, 0.4) is 0 Å². The second-order valence-corrected chi connectivity index (χ2v) is 6.35. The van der Waals surface area contributed by atoms with Crippen LogP contribution in [0.15, 0.2) is 17.5 Å². The van der Waals surface area contributed by atoms with Gasteiger partial charge in [0, 0.05) is 17.8 Å². The second kappa shape index (κ2) is 7.43. The molecule has 4 nitrogen and oxygen atoms in total. The first-order chi connectivity index (χ1) is 9.65. The zero-order valence-electron chi connectivity index (χ0n) is 11.9. The molecule has 2 rings (SSSR count). The minimum Gasteiger partial charge on any atom is -0.353 e. The van der Waals surface area contributed by atoms with Crippen LogP contribution >= 0.6 is 11.3 Å². The molecule has 110 valence electrons. The maximum absolute atomic E-state index is 12.1. The molecule has 0 saturated heterocycles. The minimum absolute atomic E-state index is 0.0315. The Labute approximate surface area is 124 Å². The number of carbonyl (C=O) groups is 2. The lowest BCUT2D eigenvalue weighted by Crippen LogP contribution is -2.38. The molecule has 0 spiro atoms. The van der Waals surface area contributed by atoms with Crippen molar-refractivity contribution in [2.24, 2.45) is 0 Å². The van der Waals surface area contributed by atoms with Gasteiger partial charge in [-0.3, -0.25) is 9.59 Å². The van der Waals surface area contributed by atoms with Crippen LogP contribution in [0.2, 0.25) is 0 Å². The number of carbonyl (C=O) groups excluding carboxylic acids is 2.